The number of esters is 1. The molecule has 0 heterocycles. The van der Waals surface area contributed by atoms with E-state index in [0.717, 1.165) is 5.56 Å². The number of hydrogen-bond acceptors (Lipinski definition) is 5. The van der Waals surface area contributed by atoms with Crippen molar-refractivity contribution in [2.24, 2.45) is 0 Å². The summed E-state index contributed by atoms with van der Waals surface area (Å²) in [6.45, 7) is 1.98. The van der Waals surface area contributed by atoms with Gasteiger partial charge in [-0.25, -0.2) is 13.2 Å². The zero-order chi connectivity index (χ0) is 23.0. The van der Waals surface area contributed by atoms with E-state index < -0.39 is 27.9 Å². The number of rotatable bonds is 9. The number of sulfonamides is 1. The Labute approximate surface area is 187 Å². The molecule has 0 unspecified atom stereocenters. The quantitative estimate of drug-likeness (QED) is 0.485. The molecule has 0 bridgehead atoms. The molecule has 3 aromatic carbocycles. The molecule has 32 heavy (non-hydrogen) atoms. The van der Waals surface area contributed by atoms with Crippen LogP contribution in [0.5, 0.6) is 0 Å². The summed E-state index contributed by atoms with van der Waals surface area (Å²) >= 11 is 0. The van der Waals surface area contributed by atoms with Gasteiger partial charge in [0.15, 0.2) is 0 Å². The summed E-state index contributed by atoms with van der Waals surface area (Å²) < 4.78 is 33.1. The molecule has 7 nitrogen and oxygen atoms in total. The van der Waals surface area contributed by atoms with E-state index >= 15 is 0 Å². The molecule has 0 aromatic heterocycles. The first-order valence-corrected chi connectivity index (χ1v) is 11.6. The Morgan fingerprint density at radius 2 is 1.47 bits per heavy atom. The maximum Gasteiger partial charge on any atom is 0.338 e. The second-order valence-corrected chi connectivity index (χ2v) is 8.68. The van der Waals surface area contributed by atoms with Crippen molar-refractivity contribution in [3.05, 3.63) is 96.1 Å². The lowest BCUT2D eigenvalue weighted by molar-refractivity contribution is -0.117. The molecule has 0 fully saturated rings. The molecule has 0 spiro atoms. The van der Waals surface area contributed by atoms with E-state index in [1.54, 1.807) is 37.3 Å². The zero-order valence-corrected chi connectivity index (χ0v) is 18.3. The van der Waals surface area contributed by atoms with Crippen molar-refractivity contribution in [2.45, 2.75) is 24.3 Å². The van der Waals surface area contributed by atoms with Crippen LogP contribution in [0.2, 0.25) is 0 Å². The van der Waals surface area contributed by atoms with Gasteiger partial charge in [-0.1, -0.05) is 48.5 Å². The number of carbonyl (C=O) groups is 2. The summed E-state index contributed by atoms with van der Waals surface area (Å²) in [5.41, 5.74) is 1.59. The molecule has 0 aliphatic heterocycles. The lowest BCUT2D eigenvalue weighted by Crippen LogP contribution is -2.45. The van der Waals surface area contributed by atoms with E-state index in [9.17, 15) is 18.0 Å². The van der Waals surface area contributed by atoms with Crippen LogP contribution >= 0.6 is 0 Å². The van der Waals surface area contributed by atoms with Crippen molar-refractivity contribution in [3.63, 3.8) is 0 Å². The van der Waals surface area contributed by atoms with Gasteiger partial charge >= 0.3 is 5.97 Å². The van der Waals surface area contributed by atoms with E-state index in [0.29, 0.717) is 11.3 Å². The molecule has 166 valence electrons. The Morgan fingerprint density at radius 3 is 2.06 bits per heavy atom. The number of anilines is 1. The lowest BCUT2D eigenvalue weighted by Gasteiger charge is -2.19. The Hall–Kier alpha value is -3.49. The normalized spacial score (nSPS) is 12.0. The van der Waals surface area contributed by atoms with Crippen molar-refractivity contribution >= 4 is 27.6 Å². The summed E-state index contributed by atoms with van der Waals surface area (Å²) in [6.07, 6.45) is 0.166. The smallest absolute Gasteiger partial charge is 0.338 e. The van der Waals surface area contributed by atoms with Gasteiger partial charge in [-0.15, -0.1) is 0 Å². The molecule has 1 atom stereocenters. The van der Waals surface area contributed by atoms with Crippen LogP contribution in [0.15, 0.2) is 89.8 Å². The maximum absolute atomic E-state index is 13.0. The average molecular weight is 453 g/mol. The number of hydrogen-bond donors (Lipinski definition) is 2. The Morgan fingerprint density at radius 1 is 0.875 bits per heavy atom. The predicted molar refractivity (Wildman–Crippen MR) is 122 cm³/mol. The first-order valence-electron chi connectivity index (χ1n) is 10.1. The summed E-state index contributed by atoms with van der Waals surface area (Å²) in [7, 11) is -3.91. The molecular weight excluding hydrogens is 428 g/mol. The van der Waals surface area contributed by atoms with Gasteiger partial charge < -0.3 is 10.1 Å². The number of nitrogens with one attached hydrogen (secondary N) is 2. The lowest BCUT2D eigenvalue weighted by atomic mass is 10.1. The third kappa shape index (κ3) is 6.26. The first kappa shape index (κ1) is 23.2. The molecule has 3 rings (SSSR count). The Bertz CT molecular complexity index is 1150. The SMILES string of the molecule is CCOC(=O)c1ccc(NC(=O)[C@H](Cc2ccccc2)NS(=O)(=O)c2ccccc2)cc1. The summed E-state index contributed by atoms with van der Waals surface area (Å²) in [5.74, 6) is -0.972. The summed E-state index contributed by atoms with van der Waals surface area (Å²) in [6, 6.07) is 22.2. The third-order valence-electron chi connectivity index (χ3n) is 4.61. The molecule has 8 heteroatoms. The van der Waals surface area contributed by atoms with Gasteiger partial charge in [0.05, 0.1) is 17.1 Å². The topological polar surface area (TPSA) is 102 Å². The fourth-order valence-electron chi connectivity index (χ4n) is 3.03. The molecule has 0 aliphatic carbocycles. The third-order valence-corrected chi connectivity index (χ3v) is 6.10. The van der Waals surface area contributed by atoms with Crippen LogP contribution in [0.25, 0.3) is 0 Å². The zero-order valence-electron chi connectivity index (χ0n) is 17.5. The molecule has 2 N–H and O–H groups in total. The van der Waals surface area contributed by atoms with E-state index in [1.165, 1.54) is 24.3 Å². The van der Waals surface area contributed by atoms with Gasteiger partial charge in [0.25, 0.3) is 0 Å². The Balaban J connectivity index is 1.79. The summed E-state index contributed by atoms with van der Waals surface area (Å²) in [4.78, 5) is 24.9. The maximum atomic E-state index is 13.0. The van der Waals surface area contributed by atoms with Crippen LogP contribution in [0.1, 0.15) is 22.8 Å². The van der Waals surface area contributed by atoms with Crippen LogP contribution < -0.4 is 10.0 Å². The van der Waals surface area contributed by atoms with Gasteiger partial charge in [0, 0.05) is 5.69 Å². The van der Waals surface area contributed by atoms with Crippen molar-refractivity contribution in [2.75, 3.05) is 11.9 Å². The van der Waals surface area contributed by atoms with Crippen LogP contribution in [0.3, 0.4) is 0 Å². The van der Waals surface area contributed by atoms with Gasteiger partial charge in [-0.05, 0) is 55.3 Å². The fraction of sp³-hybridized carbons (Fsp3) is 0.167. The van der Waals surface area contributed by atoms with E-state index in [4.69, 9.17) is 4.74 Å². The largest absolute Gasteiger partial charge is 0.462 e. The highest BCUT2D eigenvalue weighted by Gasteiger charge is 2.26. The minimum Gasteiger partial charge on any atom is -0.462 e. The van der Waals surface area contributed by atoms with Gasteiger partial charge in [-0.2, -0.15) is 4.72 Å². The second kappa shape index (κ2) is 10.7. The predicted octanol–water partition coefficient (Wildman–Crippen LogP) is 3.39. The van der Waals surface area contributed by atoms with Gasteiger partial charge in [0.2, 0.25) is 15.9 Å². The molecule has 0 saturated heterocycles. The highest BCUT2D eigenvalue weighted by atomic mass is 32.2. The van der Waals surface area contributed by atoms with Crippen molar-refractivity contribution in [1.82, 2.24) is 4.72 Å². The van der Waals surface area contributed by atoms with Crippen molar-refractivity contribution < 1.29 is 22.7 Å². The number of carbonyl (C=O) groups excluding carboxylic acids is 2. The number of benzene rings is 3. The van der Waals surface area contributed by atoms with Crippen molar-refractivity contribution in [1.29, 1.82) is 0 Å². The molecule has 0 aliphatic rings. The van der Waals surface area contributed by atoms with Crippen LogP contribution in [-0.2, 0) is 26.0 Å². The standard InChI is InChI=1S/C24H24N2O5S/c1-2-31-24(28)19-13-15-20(16-14-19)25-23(27)22(17-18-9-5-3-6-10-18)26-32(29,30)21-11-7-4-8-12-21/h3-16,22,26H,2,17H2,1H3,(H,25,27)/t22-/m0/s1. The average Bonchev–Trinajstić information content (AvgIpc) is 2.80. The van der Waals surface area contributed by atoms with Crippen LogP contribution in [-0.4, -0.2) is 32.9 Å². The first-order chi connectivity index (χ1) is 15.4. The van der Waals surface area contributed by atoms with E-state index in [2.05, 4.69) is 10.0 Å². The monoisotopic (exact) mass is 452 g/mol. The van der Waals surface area contributed by atoms with E-state index in [1.807, 2.05) is 30.3 Å². The molecule has 1 amide bonds. The minimum atomic E-state index is -3.91. The van der Waals surface area contributed by atoms with Crippen LogP contribution in [0, 0.1) is 0 Å². The number of ether oxygens (including phenoxy) is 1. The molecule has 0 radical (unpaired) electrons. The van der Waals surface area contributed by atoms with Gasteiger partial charge in [0.1, 0.15) is 6.04 Å². The molecule has 0 saturated carbocycles. The number of amides is 1. The molecular formula is C24H24N2O5S. The van der Waals surface area contributed by atoms with Crippen LogP contribution in [0.4, 0.5) is 5.69 Å². The Kier molecular flexibility index (Phi) is 7.75. The van der Waals surface area contributed by atoms with Crippen molar-refractivity contribution in [3.8, 4) is 0 Å². The highest BCUT2D eigenvalue weighted by molar-refractivity contribution is 7.89. The summed E-state index contributed by atoms with van der Waals surface area (Å²) in [5, 5.41) is 2.72. The van der Waals surface area contributed by atoms with E-state index in [-0.39, 0.29) is 17.9 Å². The minimum absolute atomic E-state index is 0.0738. The van der Waals surface area contributed by atoms with Gasteiger partial charge in [-0.3, -0.25) is 4.79 Å². The fourth-order valence-corrected chi connectivity index (χ4v) is 4.24. The highest BCUT2D eigenvalue weighted by Crippen LogP contribution is 2.14. The molecule has 3 aromatic rings. The second-order valence-electron chi connectivity index (χ2n) is 6.96.